The van der Waals surface area contributed by atoms with Gasteiger partial charge in [-0.3, -0.25) is 4.79 Å². The first-order valence-electron chi connectivity index (χ1n) is 8.90. The van der Waals surface area contributed by atoms with Crippen LogP contribution in [0.15, 0.2) is 11.4 Å². The molecule has 1 amide bonds. The van der Waals surface area contributed by atoms with Gasteiger partial charge >= 0.3 is 0 Å². The Morgan fingerprint density at radius 2 is 2.04 bits per heavy atom. The van der Waals surface area contributed by atoms with Crippen LogP contribution in [0.3, 0.4) is 0 Å². The first-order valence-corrected chi connectivity index (χ1v) is 9.78. The highest BCUT2D eigenvalue weighted by Gasteiger charge is 2.41. The van der Waals surface area contributed by atoms with Gasteiger partial charge in [0.15, 0.2) is 0 Å². The van der Waals surface area contributed by atoms with Crippen molar-refractivity contribution in [1.82, 2.24) is 9.80 Å². The second kappa shape index (κ2) is 6.17. The van der Waals surface area contributed by atoms with Gasteiger partial charge in [-0.1, -0.05) is 0 Å². The van der Waals surface area contributed by atoms with Gasteiger partial charge in [0.05, 0.1) is 0 Å². The fourth-order valence-electron chi connectivity index (χ4n) is 4.44. The molecule has 3 nitrogen and oxygen atoms in total. The average Bonchev–Trinajstić information content (AvgIpc) is 3.25. The zero-order valence-corrected chi connectivity index (χ0v) is 14.4. The lowest BCUT2D eigenvalue weighted by Crippen LogP contribution is -2.53. The minimum Gasteiger partial charge on any atom is -0.337 e. The molecule has 0 radical (unpaired) electrons. The van der Waals surface area contributed by atoms with Gasteiger partial charge in [0, 0.05) is 31.6 Å². The Labute approximate surface area is 141 Å². The molecule has 1 aliphatic carbocycles. The Bertz CT molecular complexity index is 581. The normalized spacial score (nSPS) is 29.2. The van der Waals surface area contributed by atoms with Crippen LogP contribution in [0.2, 0.25) is 0 Å². The minimum atomic E-state index is -0.362. The molecule has 1 aromatic heterocycles. The standard InChI is InChI=1S/C18H25FN2OS/c19-15-5-10-23-16(15)17(22)21-9-2-7-18(13-21)6-1-8-20(12-18)11-14-3-4-14/h5,10,14H,1-4,6-9,11-13H2. The van der Waals surface area contributed by atoms with Crippen molar-refractivity contribution in [3.05, 3.63) is 22.1 Å². The van der Waals surface area contributed by atoms with Crippen molar-refractivity contribution in [2.75, 3.05) is 32.7 Å². The number of thiophene rings is 1. The number of piperidine rings is 2. The molecule has 126 valence electrons. The molecule has 0 N–H and O–H groups in total. The minimum absolute atomic E-state index is 0.101. The van der Waals surface area contributed by atoms with Gasteiger partial charge in [-0.15, -0.1) is 11.3 Å². The molecule has 1 spiro atoms. The molecule has 4 rings (SSSR count). The van der Waals surface area contributed by atoms with Gasteiger partial charge in [-0.2, -0.15) is 0 Å². The fourth-order valence-corrected chi connectivity index (χ4v) is 5.17. The molecule has 1 unspecified atom stereocenters. The van der Waals surface area contributed by atoms with Crippen molar-refractivity contribution in [1.29, 1.82) is 0 Å². The number of carbonyl (C=O) groups excluding carboxylic acids is 1. The van der Waals surface area contributed by atoms with E-state index >= 15 is 0 Å². The number of hydrogen-bond donors (Lipinski definition) is 0. The number of amides is 1. The lowest BCUT2D eigenvalue weighted by atomic mass is 9.73. The van der Waals surface area contributed by atoms with Crippen LogP contribution in [-0.4, -0.2) is 48.4 Å². The Kier molecular flexibility index (Phi) is 4.18. The van der Waals surface area contributed by atoms with Crippen LogP contribution in [0.25, 0.3) is 0 Å². The highest BCUT2D eigenvalue weighted by Crippen LogP contribution is 2.40. The maximum atomic E-state index is 13.8. The molecule has 0 aromatic carbocycles. The third-order valence-electron chi connectivity index (χ3n) is 5.71. The molecule has 1 atom stereocenters. The summed E-state index contributed by atoms with van der Waals surface area (Å²) in [5.41, 5.74) is 0.245. The third-order valence-corrected chi connectivity index (χ3v) is 6.59. The monoisotopic (exact) mass is 336 g/mol. The van der Waals surface area contributed by atoms with Crippen LogP contribution in [-0.2, 0) is 0 Å². The van der Waals surface area contributed by atoms with Gasteiger partial charge in [-0.05, 0) is 62.4 Å². The van der Waals surface area contributed by atoms with Gasteiger partial charge in [0.1, 0.15) is 10.7 Å². The van der Waals surface area contributed by atoms with Gasteiger partial charge in [0.2, 0.25) is 0 Å². The molecule has 5 heteroatoms. The zero-order chi connectivity index (χ0) is 15.9. The number of likely N-dealkylation sites (tertiary alicyclic amines) is 2. The van der Waals surface area contributed by atoms with Crippen molar-refractivity contribution in [3.63, 3.8) is 0 Å². The Balaban J connectivity index is 1.45. The van der Waals surface area contributed by atoms with Crippen molar-refractivity contribution in [3.8, 4) is 0 Å². The van der Waals surface area contributed by atoms with Gasteiger partial charge < -0.3 is 9.80 Å². The summed E-state index contributed by atoms with van der Waals surface area (Å²) in [6.07, 6.45) is 7.51. The smallest absolute Gasteiger partial charge is 0.266 e. The van der Waals surface area contributed by atoms with Crippen LogP contribution in [0.4, 0.5) is 4.39 Å². The van der Waals surface area contributed by atoms with E-state index in [9.17, 15) is 9.18 Å². The highest BCUT2D eigenvalue weighted by molar-refractivity contribution is 7.12. The van der Waals surface area contributed by atoms with Gasteiger partial charge in [-0.25, -0.2) is 4.39 Å². The molecule has 1 aromatic rings. The number of halogens is 1. The molecule has 0 bridgehead atoms. The number of carbonyl (C=O) groups is 1. The van der Waals surface area contributed by atoms with Crippen molar-refractivity contribution in [2.45, 2.75) is 38.5 Å². The Morgan fingerprint density at radius 1 is 1.26 bits per heavy atom. The summed E-state index contributed by atoms with van der Waals surface area (Å²) in [7, 11) is 0. The summed E-state index contributed by atoms with van der Waals surface area (Å²) in [6, 6.07) is 1.40. The number of nitrogens with zero attached hydrogens (tertiary/aromatic N) is 2. The van der Waals surface area contributed by atoms with E-state index in [1.54, 1.807) is 5.38 Å². The molecule has 3 heterocycles. The molecule has 3 fully saturated rings. The van der Waals surface area contributed by atoms with Gasteiger partial charge in [0.25, 0.3) is 5.91 Å². The topological polar surface area (TPSA) is 23.6 Å². The SMILES string of the molecule is O=C(c1sccc1F)N1CCCC2(CCCN(CC3CC3)C2)C1. The number of hydrogen-bond acceptors (Lipinski definition) is 3. The third kappa shape index (κ3) is 3.31. The molecular weight excluding hydrogens is 311 g/mol. The van der Waals surface area contributed by atoms with Crippen molar-refractivity contribution >= 4 is 17.2 Å². The van der Waals surface area contributed by atoms with Crippen LogP contribution < -0.4 is 0 Å². The Morgan fingerprint density at radius 3 is 2.74 bits per heavy atom. The Hall–Kier alpha value is -0.940. The predicted octanol–water partition coefficient (Wildman–Crippen LogP) is 3.62. The summed E-state index contributed by atoms with van der Waals surface area (Å²) in [4.78, 5) is 17.5. The second-order valence-corrected chi connectivity index (χ2v) is 8.63. The summed E-state index contributed by atoms with van der Waals surface area (Å²) in [5.74, 6) is 0.459. The summed E-state index contributed by atoms with van der Waals surface area (Å²) in [6.45, 7) is 5.17. The molecule has 3 aliphatic rings. The maximum absolute atomic E-state index is 13.8. The molecule has 23 heavy (non-hydrogen) atoms. The van der Waals surface area contributed by atoms with E-state index in [1.165, 1.54) is 62.6 Å². The lowest BCUT2D eigenvalue weighted by Gasteiger charge is -2.48. The molecule has 1 saturated carbocycles. The number of rotatable bonds is 3. The van der Waals surface area contributed by atoms with E-state index in [1.807, 2.05) is 4.90 Å². The average molecular weight is 336 g/mol. The van der Waals surface area contributed by atoms with E-state index in [4.69, 9.17) is 0 Å². The van der Waals surface area contributed by atoms with E-state index in [-0.39, 0.29) is 22.0 Å². The van der Waals surface area contributed by atoms with Crippen LogP contribution >= 0.6 is 11.3 Å². The predicted molar refractivity (Wildman–Crippen MR) is 90.2 cm³/mol. The summed E-state index contributed by atoms with van der Waals surface area (Å²) in [5, 5.41) is 1.67. The van der Waals surface area contributed by atoms with Crippen LogP contribution in [0, 0.1) is 17.2 Å². The zero-order valence-electron chi connectivity index (χ0n) is 13.6. The quantitative estimate of drug-likeness (QED) is 0.842. The van der Waals surface area contributed by atoms with E-state index in [0.717, 1.165) is 32.0 Å². The summed E-state index contributed by atoms with van der Waals surface area (Å²) >= 11 is 1.23. The molecular formula is C18H25FN2OS. The maximum Gasteiger partial charge on any atom is 0.266 e. The van der Waals surface area contributed by atoms with E-state index in [0.29, 0.717) is 0 Å². The largest absolute Gasteiger partial charge is 0.337 e. The first-order chi connectivity index (χ1) is 11.2. The van der Waals surface area contributed by atoms with Crippen LogP contribution in [0.1, 0.15) is 48.2 Å². The highest BCUT2D eigenvalue weighted by atomic mass is 32.1. The second-order valence-electron chi connectivity index (χ2n) is 7.71. The van der Waals surface area contributed by atoms with Crippen molar-refractivity contribution in [2.24, 2.45) is 11.3 Å². The summed E-state index contributed by atoms with van der Waals surface area (Å²) < 4.78 is 13.8. The van der Waals surface area contributed by atoms with E-state index in [2.05, 4.69) is 4.90 Å². The van der Waals surface area contributed by atoms with Crippen LogP contribution in [0.5, 0.6) is 0 Å². The van der Waals surface area contributed by atoms with E-state index < -0.39 is 0 Å². The van der Waals surface area contributed by atoms with Crippen molar-refractivity contribution < 1.29 is 9.18 Å². The molecule has 2 aliphatic heterocycles. The lowest BCUT2D eigenvalue weighted by molar-refractivity contribution is 0.0125. The first kappa shape index (κ1) is 15.6. The molecule has 2 saturated heterocycles. The fraction of sp³-hybridized carbons (Fsp3) is 0.722.